The van der Waals surface area contributed by atoms with E-state index in [-0.39, 0.29) is 0 Å². The van der Waals surface area contributed by atoms with Gasteiger partial charge in [0.2, 0.25) is 0 Å². The Kier molecular flexibility index (Phi) is 8.22. The molecular formula is C58H46N2O2. The van der Waals surface area contributed by atoms with E-state index in [2.05, 4.69) is 180 Å². The van der Waals surface area contributed by atoms with Crippen LogP contribution in [0.2, 0.25) is 0 Å². The predicted octanol–water partition coefficient (Wildman–Crippen LogP) is 15.3. The second-order valence-corrected chi connectivity index (χ2v) is 17.7. The Morgan fingerprint density at radius 3 is 1.53 bits per heavy atom. The number of nitrogens with zero attached hydrogens (tertiary/aromatic N) is 2. The van der Waals surface area contributed by atoms with Gasteiger partial charge in [-0.1, -0.05) is 121 Å². The van der Waals surface area contributed by atoms with Crippen molar-refractivity contribution in [3.63, 3.8) is 0 Å². The van der Waals surface area contributed by atoms with E-state index in [1.165, 1.54) is 127 Å². The smallest absolute Gasteiger partial charge is 0.136 e. The largest absolute Gasteiger partial charge is 0.456 e. The molecule has 0 radical (unpaired) electrons. The molecule has 14 rings (SSSR count). The molecule has 2 atom stereocenters. The van der Waals surface area contributed by atoms with E-state index in [0.29, 0.717) is 12.1 Å². The van der Waals surface area contributed by atoms with Gasteiger partial charge in [-0.25, -0.2) is 0 Å². The summed E-state index contributed by atoms with van der Waals surface area (Å²) in [7, 11) is 0. The average molecular weight is 803 g/mol. The van der Waals surface area contributed by atoms with E-state index in [1.54, 1.807) is 0 Å². The molecule has 0 fully saturated rings. The highest BCUT2D eigenvalue weighted by Gasteiger charge is 2.35. The van der Waals surface area contributed by atoms with Gasteiger partial charge in [0.25, 0.3) is 0 Å². The molecule has 4 heteroatoms. The topological polar surface area (TPSA) is 32.8 Å². The third kappa shape index (κ3) is 5.59. The highest BCUT2D eigenvalue weighted by molar-refractivity contribution is 6.16. The molecule has 300 valence electrons. The molecule has 10 aromatic rings. The lowest BCUT2D eigenvalue weighted by atomic mass is 9.85. The normalized spacial score (nSPS) is 17.4. The Hall–Kier alpha value is -7.04. The summed E-state index contributed by atoms with van der Waals surface area (Å²) in [4.78, 5) is 5.22. The molecule has 6 heterocycles. The summed E-state index contributed by atoms with van der Waals surface area (Å²) in [6.45, 7) is 0. The summed E-state index contributed by atoms with van der Waals surface area (Å²) in [6.07, 6.45) is 9.46. The zero-order chi connectivity index (χ0) is 40.7. The summed E-state index contributed by atoms with van der Waals surface area (Å²) < 4.78 is 12.7. The van der Waals surface area contributed by atoms with Crippen LogP contribution in [-0.2, 0) is 25.7 Å². The zero-order valence-corrected chi connectivity index (χ0v) is 34.7. The van der Waals surface area contributed by atoms with E-state index < -0.39 is 0 Å². The molecule has 0 amide bonds. The highest BCUT2D eigenvalue weighted by atomic mass is 16.3. The lowest BCUT2D eigenvalue weighted by Crippen LogP contribution is -2.39. The van der Waals surface area contributed by atoms with Crippen molar-refractivity contribution in [2.24, 2.45) is 0 Å². The fraction of sp³-hybridized carbons (Fsp3) is 0.172. The molecule has 0 bridgehead atoms. The van der Waals surface area contributed by atoms with Gasteiger partial charge in [0.15, 0.2) is 0 Å². The first-order chi connectivity index (χ1) is 30.7. The third-order valence-electron chi connectivity index (χ3n) is 14.3. The van der Waals surface area contributed by atoms with Gasteiger partial charge in [0.1, 0.15) is 22.3 Å². The number of fused-ring (bicyclic) bond motifs is 17. The Morgan fingerprint density at radius 2 is 0.871 bits per heavy atom. The van der Waals surface area contributed by atoms with Crippen LogP contribution in [0.1, 0.15) is 47.9 Å². The fourth-order valence-electron chi connectivity index (χ4n) is 11.5. The molecule has 4 nitrogen and oxygen atoms in total. The number of benzene rings is 8. The van der Waals surface area contributed by atoms with Crippen LogP contribution in [0.15, 0.2) is 179 Å². The van der Waals surface area contributed by atoms with Crippen molar-refractivity contribution in [3.05, 3.63) is 192 Å². The van der Waals surface area contributed by atoms with Crippen molar-refractivity contribution in [1.29, 1.82) is 0 Å². The maximum absolute atomic E-state index is 6.37. The van der Waals surface area contributed by atoms with Crippen molar-refractivity contribution in [2.45, 2.75) is 63.5 Å². The maximum Gasteiger partial charge on any atom is 0.136 e. The molecule has 0 N–H and O–H groups in total. The van der Waals surface area contributed by atoms with Crippen LogP contribution in [0.3, 0.4) is 0 Å². The Labute approximate surface area is 361 Å². The molecule has 0 saturated heterocycles. The third-order valence-corrected chi connectivity index (χ3v) is 14.3. The summed E-state index contributed by atoms with van der Waals surface area (Å²) >= 11 is 0. The first-order valence-corrected chi connectivity index (χ1v) is 22.6. The second kappa shape index (κ2) is 14.3. The van der Waals surface area contributed by atoms with Gasteiger partial charge in [-0.3, -0.25) is 0 Å². The summed E-state index contributed by atoms with van der Waals surface area (Å²) in [5, 5.41) is 4.99. The van der Waals surface area contributed by atoms with Gasteiger partial charge in [-0.2, -0.15) is 0 Å². The lowest BCUT2D eigenvalue weighted by Gasteiger charge is -2.43. The monoisotopic (exact) mass is 802 g/mol. The summed E-state index contributed by atoms with van der Waals surface area (Å²) in [5.74, 6) is 0. The van der Waals surface area contributed by atoms with Crippen LogP contribution in [0.5, 0.6) is 0 Å². The number of rotatable bonds is 2. The van der Waals surface area contributed by atoms with Crippen LogP contribution < -0.4 is 9.80 Å². The summed E-state index contributed by atoms with van der Waals surface area (Å²) in [6, 6.07) is 62.4. The van der Waals surface area contributed by atoms with Crippen molar-refractivity contribution in [2.75, 3.05) is 9.80 Å². The maximum atomic E-state index is 6.37. The molecular weight excluding hydrogens is 757 g/mol. The van der Waals surface area contributed by atoms with Gasteiger partial charge in [-0.15, -0.1) is 0 Å². The number of anilines is 4. The van der Waals surface area contributed by atoms with Crippen molar-refractivity contribution in [1.82, 2.24) is 0 Å². The molecule has 0 saturated carbocycles. The quantitative estimate of drug-likeness (QED) is 0.174. The second-order valence-electron chi connectivity index (χ2n) is 17.7. The number of hydrogen-bond donors (Lipinski definition) is 0. The Morgan fingerprint density at radius 1 is 0.355 bits per heavy atom. The van der Waals surface area contributed by atoms with Crippen LogP contribution in [0, 0.1) is 0 Å². The standard InChI is InChI=1S/2C29H23NO/c1-2-7-19(8-3-1)23-10-6-12-27-29(23)24-18-26-21(17-28(24)31-27)14-16-22-15-13-20-9-4-5-11-25(20)30(22)26;1-2-7-19(8-3-1)22-10-6-12-26-28(22)29-23-16-15-21-14-13-20-9-4-5-11-24(20)30(21)25(23)17-18-27(29)31-26/h1-12,17-18,22H,13-16H2;1-12,17-18,21H,13-16H2. The molecule has 4 aliphatic heterocycles. The minimum atomic E-state index is 0.589. The van der Waals surface area contributed by atoms with E-state index in [0.717, 1.165) is 35.2 Å². The van der Waals surface area contributed by atoms with Crippen LogP contribution in [-0.4, -0.2) is 12.1 Å². The van der Waals surface area contributed by atoms with Crippen LogP contribution >= 0.6 is 0 Å². The molecule has 2 aromatic heterocycles. The van der Waals surface area contributed by atoms with E-state index in [1.807, 2.05) is 0 Å². The van der Waals surface area contributed by atoms with Crippen molar-refractivity contribution >= 4 is 66.6 Å². The molecule has 4 aliphatic rings. The zero-order valence-electron chi connectivity index (χ0n) is 34.7. The number of aryl methyl sites for hydroxylation is 4. The Bertz CT molecular complexity index is 3290. The van der Waals surface area contributed by atoms with Gasteiger partial charge >= 0.3 is 0 Å². The molecule has 0 spiro atoms. The summed E-state index contributed by atoms with van der Waals surface area (Å²) in [5.41, 5.74) is 20.2. The fourth-order valence-corrected chi connectivity index (χ4v) is 11.5. The number of hydrogen-bond acceptors (Lipinski definition) is 4. The van der Waals surface area contributed by atoms with E-state index in [9.17, 15) is 0 Å². The molecule has 8 aromatic carbocycles. The van der Waals surface area contributed by atoms with Gasteiger partial charge in [-0.05, 0) is 144 Å². The number of furan rings is 2. The van der Waals surface area contributed by atoms with Crippen LogP contribution in [0.25, 0.3) is 66.1 Å². The van der Waals surface area contributed by atoms with E-state index in [4.69, 9.17) is 8.83 Å². The van der Waals surface area contributed by atoms with Gasteiger partial charge in [0.05, 0.1) is 0 Å². The average Bonchev–Trinajstić information content (AvgIpc) is 3.92. The number of para-hydroxylation sites is 2. The minimum Gasteiger partial charge on any atom is -0.456 e. The SMILES string of the molecule is c1ccc(-c2cccc3oc4cc5c(cc4c23)N2c3ccccc3CCC2CC5)cc1.c1ccc(-c2cccc3oc4ccc5c(c4c23)CCC2CCc3ccccc3N52)cc1. The molecule has 62 heavy (non-hydrogen) atoms. The lowest BCUT2D eigenvalue weighted by molar-refractivity contribution is 0.518. The Balaban J connectivity index is 0.000000126. The van der Waals surface area contributed by atoms with Crippen molar-refractivity contribution in [3.8, 4) is 22.3 Å². The first kappa shape index (κ1) is 35.7. The van der Waals surface area contributed by atoms with E-state index >= 15 is 0 Å². The van der Waals surface area contributed by atoms with Crippen molar-refractivity contribution < 1.29 is 8.83 Å². The van der Waals surface area contributed by atoms with Gasteiger partial charge in [0, 0.05) is 56.4 Å². The molecule has 0 aliphatic carbocycles. The molecule has 2 unspecified atom stereocenters. The van der Waals surface area contributed by atoms with Crippen LogP contribution in [0.4, 0.5) is 22.7 Å². The minimum absolute atomic E-state index is 0.589. The van der Waals surface area contributed by atoms with Gasteiger partial charge < -0.3 is 18.6 Å². The highest BCUT2D eigenvalue weighted by Crippen LogP contribution is 2.50. The predicted molar refractivity (Wildman–Crippen MR) is 256 cm³/mol. The first-order valence-electron chi connectivity index (χ1n) is 22.6.